The molecule has 0 aliphatic carbocycles. The van der Waals surface area contributed by atoms with Crippen molar-refractivity contribution in [3.05, 3.63) is 35.4 Å². The second-order valence-corrected chi connectivity index (χ2v) is 7.44. The van der Waals surface area contributed by atoms with E-state index >= 15 is 0 Å². The van der Waals surface area contributed by atoms with Gasteiger partial charge in [-0.2, -0.15) is 0 Å². The Bertz CT molecular complexity index is 761. The third-order valence-corrected chi connectivity index (χ3v) is 5.93. The Hall–Kier alpha value is -1.65. The first-order valence-electron chi connectivity index (χ1n) is 8.99. The lowest BCUT2D eigenvalue weighted by atomic mass is 9.76. The second-order valence-electron chi connectivity index (χ2n) is 7.44. The van der Waals surface area contributed by atoms with E-state index < -0.39 is 0 Å². The maximum atomic E-state index is 9.97. The van der Waals surface area contributed by atoms with Crippen LogP contribution in [0.2, 0.25) is 0 Å². The number of aromatic nitrogens is 1. The van der Waals surface area contributed by atoms with Crippen LogP contribution in [0, 0.1) is 18.3 Å². The largest absolute Gasteiger partial charge is 0.396 e. The molecule has 0 amide bonds. The zero-order valence-electron chi connectivity index (χ0n) is 14.6. The average Bonchev–Trinajstić information content (AvgIpc) is 3.01. The molecule has 4 nitrogen and oxygen atoms in total. The fourth-order valence-electron chi connectivity index (χ4n) is 4.30. The molecule has 1 aromatic carbocycles. The molecule has 0 unspecified atom stereocenters. The topological polar surface area (TPSA) is 45.6 Å². The highest BCUT2D eigenvalue weighted by atomic mass is 16.5. The summed E-state index contributed by atoms with van der Waals surface area (Å²) >= 11 is 0. The van der Waals surface area contributed by atoms with E-state index in [-0.39, 0.29) is 12.0 Å². The van der Waals surface area contributed by atoms with Gasteiger partial charge in [0.15, 0.2) is 0 Å². The van der Waals surface area contributed by atoms with Gasteiger partial charge in [0.05, 0.1) is 18.7 Å². The molecule has 2 fully saturated rings. The number of ether oxygens (including phenoxy) is 1. The van der Waals surface area contributed by atoms with Crippen LogP contribution in [0.25, 0.3) is 10.9 Å². The van der Waals surface area contributed by atoms with Crippen molar-refractivity contribution in [3.63, 3.8) is 0 Å². The third kappa shape index (κ3) is 2.49. The summed E-state index contributed by atoms with van der Waals surface area (Å²) in [5.41, 5.74) is 3.57. The summed E-state index contributed by atoms with van der Waals surface area (Å²) in [5, 5.41) is 11.2. The van der Waals surface area contributed by atoms with Gasteiger partial charge >= 0.3 is 0 Å². The van der Waals surface area contributed by atoms with E-state index in [1.807, 2.05) is 0 Å². The van der Waals surface area contributed by atoms with E-state index in [1.54, 1.807) is 0 Å². The monoisotopic (exact) mass is 326 g/mol. The van der Waals surface area contributed by atoms with Crippen molar-refractivity contribution in [2.24, 2.45) is 11.3 Å². The van der Waals surface area contributed by atoms with Crippen molar-refractivity contribution in [2.75, 3.05) is 37.8 Å². The minimum Gasteiger partial charge on any atom is -0.396 e. The van der Waals surface area contributed by atoms with Crippen molar-refractivity contribution in [3.8, 4) is 0 Å². The molecule has 1 N–H and O–H groups in total. The fraction of sp³-hybridized carbons (Fsp3) is 0.550. The Balaban J connectivity index is 1.70. The molecule has 4 heteroatoms. The maximum Gasteiger partial charge on any atom is 0.129 e. The average molecular weight is 326 g/mol. The van der Waals surface area contributed by atoms with Gasteiger partial charge in [-0.1, -0.05) is 13.0 Å². The Labute approximate surface area is 143 Å². The Morgan fingerprint density at radius 2 is 2.25 bits per heavy atom. The molecule has 2 aromatic rings. The molecule has 4 rings (SSSR count). The molecule has 1 aromatic heterocycles. The predicted molar refractivity (Wildman–Crippen MR) is 96.5 cm³/mol. The molecule has 24 heavy (non-hydrogen) atoms. The summed E-state index contributed by atoms with van der Waals surface area (Å²) in [5.74, 6) is 1.53. The standard InChI is InChI=1S/C20H26N2O2/c1-3-15-4-5-18-17(9-15)14(2)8-19(21-18)22-10-16-6-7-24-13-20(16,11-22)12-23/h4-5,8-9,16,23H,3,6-7,10-13H2,1-2H3/t16-,20+/m0/s1. The van der Waals surface area contributed by atoms with Crippen LogP contribution in [0.5, 0.6) is 0 Å². The van der Waals surface area contributed by atoms with E-state index in [2.05, 4.69) is 43.0 Å². The minimum atomic E-state index is -0.116. The van der Waals surface area contributed by atoms with Gasteiger partial charge in [-0.3, -0.25) is 0 Å². The van der Waals surface area contributed by atoms with Crippen molar-refractivity contribution >= 4 is 16.7 Å². The highest BCUT2D eigenvalue weighted by molar-refractivity contribution is 5.84. The molecule has 2 atom stereocenters. The van der Waals surface area contributed by atoms with Gasteiger partial charge in [0, 0.05) is 30.5 Å². The maximum absolute atomic E-state index is 9.97. The number of pyridine rings is 1. The van der Waals surface area contributed by atoms with Crippen LogP contribution < -0.4 is 4.90 Å². The summed E-state index contributed by atoms with van der Waals surface area (Å²) in [6, 6.07) is 8.77. The van der Waals surface area contributed by atoms with Gasteiger partial charge in [-0.05, 0) is 55.0 Å². The molecule has 0 bridgehead atoms. The number of rotatable bonds is 3. The third-order valence-electron chi connectivity index (χ3n) is 5.93. The number of anilines is 1. The molecule has 2 aliphatic rings. The van der Waals surface area contributed by atoms with Crippen LogP contribution in [-0.2, 0) is 11.2 Å². The quantitative estimate of drug-likeness (QED) is 0.942. The molecule has 0 radical (unpaired) electrons. The number of fused-ring (bicyclic) bond motifs is 2. The highest BCUT2D eigenvalue weighted by Gasteiger charge is 2.48. The zero-order valence-corrected chi connectivity index (χ0v) is 14.6. The summed E-state index contributed by atoms with van der Waals surface area (Å²) in [7, 11) is 0. The van der Waals surface area contributed by atoms with Crippen LogP contribution in [-0.4, -0.2) is 43.0 Å². The van der Waals surface area contributed by atoms with Gasteiger partial charge in [0.25, 0.3) is 0 Å². The number of benzene rings is 1. The smallest absolute Gasteiger partial charge is 0.129 e. The first-order chi connectivity index (χ1) is 11.6. The number of aliphatic hydroxyl groups excluding tert-OH is 1. The van der Waals surface area contributed by atoms with Gasteiger partial charge in [0.1, 0.15) is 5.82 Å². The molecular formula is C20H26N2O2. The lowest BCUT2D eigenvalue weighted by Gasteiger charge is -2.36. The molecule has 3 heterocycles. The van der Waals surface area contributed by atoms with E-state index in [1.165, 1.54) is 16.5 Å². The van der Waals surface area contributed by atoms with Crippen LogP contribution in [0.3, 0.4) is 0 Å². The van der Waals surface area contributed by atoms with Crippen molar-refractivity contribution in [1.29, 1.82) is 0 Å². The Morgan fingerprint density at radius 3 is 3.00 bits per heavy atom. The molecular weight excluding hydrogens is 300 g/mol. The zero-order chi connectivity index (χ0) is 16.7. The molecule has 0 saturated carbocycles. The Morgan fingerprint density at radius 1 is 1.38 bits per heavy atom. The van der Waals surface area contributed by atoms with Gasteiger partial charge in [-0.15, -0.1) is 0 Å². The van der Waals surface area contributed by atoms with Gasteiger partial charge < -0.3 is 14.7 Å². The molecule has 2 saturated heterocycles. The van der Waals surface area contributed by atoms with E-state index in [0.29, 0.717) is 12.5 Å². The number of aliphatic hydroxyl groups is 1. The summed E-state index contributed by atoms with van der Waals surface area (Å²) in [4.78, 5) is 7.26. The number of hydrogen-bond donors (Lipinski definition) is 1. The second kappa shape index (κ2) is 6.01. The van der Waals surface area contributed by atoms with Crippen molar-refractivity contribution < 1.29 is 9.84 Å². The summed E-state index contributed by atoms with van der Waals surface area (Å²) in [6.07, 6.45) is 2.08. The first kappa shape index (κ1) is 15.9. The number of nitrogens with zero attached hydrogens (tertiary/aromatic N) is 2. The predicted octanol–water partition coefficient (Wildman–Crippen LogP) is 2.94. The van der Waals surface area contributed by atoms with Crippen molar-refractivity contribution in [2.45, 2.75) is 26.7 Å². The van der Waals surface area contributed by atoms with E-state index in [4.69, 9.17) is 9.72 Å². The van der Waals surface area contributed by atoms with Crippen LogP contribution in [0.15, 0.2) is 24.3 Å². The van der Waals surface area contributed by atoms with Crippen LogP contribution in [0.4, 0.5) is 5.82 Å². The summed E-state index contributed by atoms with van der Waals surface area (Å²) in [6.45, 7) is 7.82. The van der Waals surface area contributed by atoms with Crippen LogP contribution >= 0.6 is 0 Å². The van der Waals surface area contributed by atoms with Crippen LogP contribution in [0.1, 0.15) is 24.5 Å². The Kier molecular flexibility index (Phi) is 3.97. The van der Waals surface area contributed by atoms with Crippen molar-refractivity contribution in [1.82, 2.24) is 4.98 Å². The SMILES string of the molecule is CCc1ccc2nc(N3C[C@@H]4CCOC[C@]4(CO)C3)cc(C)c2c1. The number of hydrogen-bond acceptors (Lipinski definition) is 4. The first-order valence-corrected chi connectivity index (χ1v) is 8.99. The molecule has 128 valence electrons. The summed E-state index contributed by atoms with van der Waals surface area (Å²) < 4.78 is 5.67. The normalized spacial score (nSPS) is 26.8. The number of aryl methyl sites for hydroxylation is 2. The van der Waals surface area contributed by atoms with Gasteiger partial charge in [0.2, 0.25) is 0 Å². The molecule has 0 spiro atoms. The minimum absolute atomic E-state index is 0.116. The van der Waals surface area contributed by atoms with E-state index in [9.17, 15) is 5.11 Å². The van der Waals surface area contributed by atoms with Gasteiger partial charge in [-0.25, -0.2) is 4.98 Å². The fourth-order valence-corrected chi connectivity index (χ4v) is 4.30. The van der Waals surface area contributed by atoms with E-state index in [0.717, 1.165) is 43.9 Å². The molecule has 2 aliphatic heterocycles. The highest BCUT2D eigenvalue weighted by Crippen LogP contribution is 2.42. The lowest BCUT2D eigenvalue weighted by molar-refractivity contribution is -0.0543. The lowest BCUT2D eigenvalue weighted by Crippen LogP contribution is -2.43.